The van der Waals surface area contributed by atoms with Gasteiger partial charge in [0.15, 0.2) is 0 Å². The molecule has 0 aliphatic heterocycles. The van der Waals surface area contributed by atoms with Crippen LogP contribution in [0.4, 0.5) is 10.1 Å². The molecule has 3 N–H and O–H groups in total. The molecule has 5 heteroatoms. The van der Waals surface area contributed by atoms with Crippen LogP contribution in [0.3, 0.4) is 0 Å². The lowest BCUT2D eigenvalue weighted by Crippen LogP contribution is -2.22. The van der Waals surface area contributed by atoms with Crippen molar-refractivity contribution < 1.29 is 4.39 Å². The number of anilines is 1. The zero-order valence-electron chi connectivity index (χ0n) is 10.0. The molecule has 0 aromatic heterocycles. The third-order valence-corrected chi connectivity index (χ3v) is 3.57. The van der Waals surface area contributed by atoms with Gasteiger partial charge in [-0.05, 0) is 30.3 Å². The van der Waals surface area contributed by atoms with E-state index in [0.717, 1.165) is 10.2 Å². The van der Waals surface area contributed by atoms with Crippen molar-refractivity contribution in [2.45, 2.75) is 6.04 Å². The van der Waals surface area contributed by atoms with Gasteiger partial charge in [0.25, 0.3) is 0 Å². The Kier molecular flexibility index (Phi) is 4.80. The first-order chi connectivity index (χ1) is 9.11. The summed E-state index contributed by atoms with van der Waals surface area (Å²) in [6, 6.07) is 11.8. The predicted molar refractivity (Wildman–Crippen MR) is 81.0 cm³/mol. The van der Waals surface area contributed by atoms with Crippen LogP contribution in [0, 0.1) is 5.82 Å². The van der Waals surface area contributed by atoms with Crippen molar-refractivity contribution in [3.8, 4) is 0 Å². The zero-order chi connectivity index (χ0) is 13.8. The number of benzene rings is 2. The molecule has 1 unspecified atom stereocenters. The maximum absolute atomic E-state index is 13.9. The molecule has 1 atom stereocenters. The summed E-state index contributed by atoms with van der Waals surface area (Å²) in [5.41, 5.74) is 6.98. The second-order valence-electron chi connectivity index (χ2n) is 4.08. The van der Waals surface area contributed by atoms with Crippen molar-refractivity contribution in [3.05, 3.63) is 63.3 Å². The Morgan fingerprint density at radius 3 is 2.63 bits per heavy atom. The van der Waals surface area contributed by atoms with E-state index in [-0.39, 0.29) is 18.4 Å². The Morgan fingerprint density at radius 1 is 1.26 bits per heavy atom. The first-order valence-corrected chi connectivity index (χ1v) is 6.95. The van der Waals surface area contributed by atoms with E-state index >= 15 is 0 Å². The first-order valence-electron chi connectivity index (χ1n) is 5.78. The van der Waals surface area contributed by atoms with Gasteiger partial charge in [0.1, 0.15) is 5.82 Å². The Balaban J connectivity index is 2.30. The number of hydrogen-bond acceptors (Lipinski definition) is 2. The monoisotopic (exact) mass is 342 g/mol. The van der Waals surface area contributed by atoms with E-state index in [4.69, 9.17) is 17.3 Å². The second kappa shape index (κ2) is 6.37. The molecule has 0 saturated carbocycles. The van der Waals surface area contributed by atoms with E-state index in [9.17, 15) is 4.39 Å². The fourth-order valence-electron chi connectivity index (χ4n) is 1.87. The van der Waals surface area contributed by atoms with E-state index in [1.165, 1.54) is 6.07 Å². The molecular weight excluding hydrogens is 331 g/mol. The second-order valence-corrected chi connectivity index (χ2v) is 5.40. The number of hydrogen-bond donors (Lipinski definition) is 2. The van der Waals surface area contributed by atoms with E-state index in [1.807, 2.05) is 24.3 Å². The molecule has 0 aliphatic carbocycles. The molecule has 2 aromatic rings. The number of halogens is 3. The van der Waals surface area contributed by atoms with Gasteiger partial charge in [-0.3, -0.25) is 0 Å². The van der Waals surface area contributed by atoms with Gasteiger partial charge in [-0.1, -0.05) is 39.7 Å². The molecule has 0 aliphatic rings. The topological polar surface area (TPSA) is 38.0 Å². The lowest BCUT2D eigenvalue weighted by Gasteiger charge is -2.20. The van der Waals surface area contributed by atoms with Crippen LogP contribution in [-0.4, -0.2) is 6.54 Å². The summed E-state index contributed by atoms with van der Waals surface area (Å²) in [6.45, 7) is 0.243. The first kappa shape index (κ1) is 14.3. The van der Waals surface area contributed by atoms with Crippen LogP contribution in [0.15, 0.2) is 46.9 Å². The summed E-state index contributed by atoms with van der Waals surface area (Å²) in [5, 5.41) is 3.56. The fraction of sp³-hybridized carbons (Fsp3) is 0.143. The largest absolute Gasteiger partial charge is 0.377 e. The molecule has 0 heterocycles. The maximum atomic E-state index is 13.9. The van der Waals surface area contributed by atoms with E-state index in [1.54, 1.807) is 12.1 Å². The van der Waals surface area contributed by atoms with Crippen molar-refractivity contribution in [2.75, 3.05) is 11.9 Å². The smallest absolute Gasteiger partial charge is 0.130 e. The van der Waals surface area contributed by atoms with Crippen LogP contribution in [0.2, 0.25) is 5.02 Å². The van der Waals surface area contributed by atoms with Crippen molar-refractivity contribution in [2.24, 2.45) is 5.73 Å². The number of nitrogens with two attached hydrogens (primary N) is 1. The van der Waals surface area contributed by atoms with Crippen molar-refractivity contribution >= 4 is 33.2 Å². The van der Waals surface area contributed by atoms with Gasteiger partial charge in [-0.2, -0.15) is 0 Å². The van der Waals surface area contributed by atoms with Crippen LogP contribution in [0.25, 0.3) is 0 Å². The lowest BCUT2D eigenvalue weighted by molar-refractivity contribution is 0.593. The molecule has 2 aromatic carbocycles. The molecule has 0 saturated heterocycles. The summed E-state index contributed by atoms with van der Waals surface area (Å²) in [6.07, 6.45) is 0. The molecule has 2 rings (SSSR count). The van der Waals surface area contributed by atoms with Crippen molar-refractivity contribution in [3.63, 3.8) is 0 Å². The van der Waals surface area contributed by atoms with Crippen LogP contribution in [0.1, 0.15) is 11.6 Å². The van der Waals surface area contributed by atoms with Gasteiger partial charge in [0.2, 0.25) is 0 Å². The average molecular weight is 344 g/mol. The molecule has 2 nitrogen and oxygen atoms in total. The van der Waals surface area contributed by atoms with Gasteiger partial charge in [0.05, 0.1) is 6.04 Å². The van der Waals surface area contributed by atoms with Gasteiger partial charge >= 0.3 is 0 Å². The quantitative estimate of drug-likeness (QED) is 0.866. The fourth-order valence-corrected chi connectivity index (χ4v) is 2.57. The molecule has 0 fully saturated rings. The van der Waals surface area contributed by atoms with Crippen molar-refractivity contribution in [1.82, 2.24) is 0 Å². The number of rotatable bonds is 4. The minimum atomic E-state index is -0.372. The highest BCUT2D eigenvalue weighted by Gasteiger charge is 2.17. The standard InChI is InChI=1S/C14H13BrClFN2/c15-9-3-1-4-10(7-9)19-13(8-18)14-11(16)5-2-6-12(14)17/h1-7,13,19H,8,18H2. The van der Waals surface area contributed by atoms with Crippen molar-refractivity contribution in [1.29, 1.82) is 0 Å². The minimum absolute atomic E-state index is 0.243. The maximum Gasteiger partial charge on any atom is 0.130 e. The molecule has 0 spiro atoms. The summed E-state index contributed by atoms with van der Waals surface area (Å²) in [4.78, 5) is 0. The van der Waals surface area contributed by atoms with E-state index in [0.29, 0.717) is 10.6 Å². The predicted octanol–water partition coefficient (Wildman–Crippen LogP) is 4.35. The molecule has 100 valence electrons. The zero-order valence-corrected chi connectivity index (χ0v) is 12.4. The Labute approximate surface area is 124 Å². The molecule has 0 bridgehead atoms. The van der Waals surface area contributed by atoms with E-state index in [2.05, 4.69) is 21.2 Å². The van der Waals surface area contributed by atoms with Gasteiger partial charge in [-0.15, -0.1) is 0 Å². The summed E-state index contributed by atoms with van der Waals surface area (Å²) in [7, 11) is 0. The molecule has 0 amide bonds. The van der Waals surface area contributed by atoms with Gasteiger partial charge in [0, 0.05) is 27.3 Å². The van der Waals surface area contributed by atoms with Crippen LogP contribution < -0.4 is 11.1 Å². The highest BCUT2D eigenvalue weighted by atomic mass is 79.9. The Morgan fingerprint density at radius 2 is 2.00 bits per heavy atom. The summed E-state index contributed by atoms with van der Waals surface area (Å²) < 4.78 is 14.8. The highest BCUT2D eigenvalue weighted by molar-refractivity contribution is 9.10. The SMILES string of the molecule is NCC(Nc1cccc(Br)c1)c1c(F)cccc1Cl. The van der Waals surface area contributed by atoms with Crippen LogP contribution in [-0.2, 0) is 0 Å². The lowest BCUT2D eigenvalue weighted by atomic mass is 10.1. The Bertz CT molecular complexity index is 557. The number of nitrogens with one attached hydrogen (secondary N) is 1. The molecular formula is C14H13BrClFN2. The molecule has 0 radical (unpaired) electrons. The average Bonchev–Trinajstić information content (AvgIpc) is 2.37. The molecule has 19 heavy (non-hydrogen) atoms. The third kappa shape index (κ3) is 3.47. The Hall–Kier alpha value is -1.10. The third-order valence-electron chi connectivity index (χ3n) is 2.75. The van der Waals surface area contributed by atoms with Crippen LogP contribution in [0.5, 0.6) is 0 Å². The van der Waals surface area contributed by atoms with Gasteiger partial charge < -0.3 is 11.1 Å². The van der Waals surface area contributed by atoms with Gasteiger partial charge in [-0.25, -0.2) is 4.39 Å². The highest BCUT2D eigenvalue weighted by Crippen LogP contribution is 2.28. The minimum Gasteiger partial charge on any atom is -0.377 e. The summed E-state index contributed by atoms with van der Waals surface area (Å²) >= 11 is 9.44. The normalized spacial score (nSPS) is 12.2. The van der Waals surface area contributed by atoms with Crippen LogP contribution >= 0.6 is 27.5 Å². The van der Waals surface area contributed by atoms with E-state index < -0.39 is 0 Å². The summed E-state index contributed by atoms with van der Waals surface area (Å²) in [5.74, 6) is -0.356.